The van der Waals surface area contributed by atoms with Crippen molar-refractivity contribution in [2.75, 3.05) is 18.6 Å². The van der Waals surface area contributed by atoms with Crippen LogP contribution in [-0.2, 0) is 14.3 Å². The summed E-state index contributed by atoms with van der Waals surface area (Å²) >= 11 is 1.41. The summed E-state index contributed by atoms with van der Waals surface area (Å²) in [6.07, 6.45) is 1.31. The molecule has 1 amide bonds. The molecule has 0 radical (unpaired) electrons. The fourth-order valence-corrected chi connectivity index (χ4v) is 2.39. The minimum Gasteiger partial charge on any atom is -0.452 e. The van der Waals surface area contributed by atoms with Crippen molar-refractivity contribution in [3.05, 3.63) is 72.1 Å². The highest BCUT2D eigenvalue weighted by Crippen LogP contribution is 2.17. The van der Waals surface area contributed by atoms with Crippen LogP contribution >= 0.6 is 11.8 Å². The largest absolute Gasteiger partial charge is 0.452 e. The van der Waals surface area contributed by atoms with E-state index in [1.807, 2.05) is 60.7 Å². The predicted octanol–water partition coefficient (Wildman–Crippen LogP) is 3.50. The smallest absolute Gasteiger partial charge is 0.331 e. The molecule has 0 unspecified atom stereocenters. The molecule has 0 spiro atoms. The average molecular weight is 327 g/mol. The Balaban J connectivity index is 1.76. The predicted molar refractivity (Wildman–Crippen MR) is 92.3 cm³/mol. The Bertz CT molecular complexity index is 671. The number of esters is 1. The Morgan fingerprint density at radius 2 is 1.65 bits per heavy atom. The van der Waals surface area contributed by atoms with Gasteiger partial charge >= 0.3 is 5.97 Å². The number of carbonyl (C=O) groups is 2. The van der Waals surface area contributed by atoms with E-state index in [0.717, 1.165) is 10.6 Å². The van der Waals surface area contributed by atoms with Crippen molar-refractivity contribution in [3.63, 3.8) is 0 Å². The molecular formula is C18H17NO3S. The van der Waals surface area contributed by atoms with E-state index in [0.29, 0.717) is 0 Å². The molecule has 2 rings (SSSR count). The third-order valence-electron chi connectivity index (χ3n) is 3.01. The van der Waals surface area contributed by atoms with Gasteiger partial charge in [-0.1, -0.05) is 48.2 Å². The summed E-state index contributed by atoms with van der Waals surface area (Å²) in [6.45, 7) is -0.287. The van der Waals surface area contributed by atoms with E-state index in [4.69, 9.17) is 4.74 Å². The molecule has 118 valence electrons. The van der Waals surface area contributed by atoms with Crippen LogP contribution in [-0.4, -0.2) is 25.5 Å². The molecule has 0 heterocycles. The van der Waals surface area contributed by atoms with Gasteiger partial charge < -0.3 is 9.64 Å². The number of hydrogen-bond acceptors (Lipinski definition) is 4. The Hall–Kier alpha value is -2.53. The van der Waals surface area contributed by atoms with Crippen molar-refractivity contribution in [2.24, 2.45) is 0 Å². The molecule has 0 fully saturated rings. The first-order valence-electron chi connectivity index (χ1n) is 7.03. The molecule has 2 aromatic carbocycles. The summed E-state index contributed by atoms with van der Waals surface area (Å²) in [7, 11) is 1.65. The highest BCUT2D eigenvalue weighted by Gasteiger charge is 2.12. The number of ether oxygens (including phenoxy) is 1. The number of rotatable bonds is 6. The molecule has 0 saturated carbocycles. The van der Waals surface area contributed by atoms with Gasteiger partial charge in [-0.05, 0) is 29.7 Å². The average Bonchev–Trinajstić information content (AvgIpc) is 2.60. The number of benzene rings is 2. The molecule has 4 nitrogen and oxygen atoms in total. The van der Waals surface area contributed by atoms with Gasteiger partial charge in [-0.25, -0.2) is 4.79 Å². The molecule has 0 aliphatic heterocycles. The van der Waals surface area contributed by atoms with Crippen LogP contribution in [0.1, 0.15) is 0 Å². The van der Waals surface area contributed by atoms with E-state index in [1.165, 1.54) is 22.7 Å². The van der Waals surface area contributed by atoms with Crippen LogP contribution in [0.25, 0.3) is 0 Å². The second-order valence-corrected chi connectivity index (χ2v) is 5.61. The van der Waals surface area contributed by atoms with Crippen molar-refractivity contribution in [3.8, 4) is 0 Å². The maximum Gasteiger partial charge on any atom is 0.331 e. The number of nitrogens with zero attached hydrogens (tertiary/aromatic N) is 1. The lowest BCUT2D eigenvalue weighted by molar-refractivity contribution is -0.142. The van der Waals surface area contributed by atoms with E-state index in [-0.39, 0.29) is 12.5 Å². The maximum absolute atomic E-state index is 12.0. The number of para-hydroxylation sites is 1. The molecule has 0 saturated heterocycles. The molecule has 2 aromatic rings. The quantitative estimate of drug-likeness (QED) is 0.463. The lowest BCUT2D eigenvalue weighted by atomic mass is 10.3. The molecule has 0 aromatic heterocycles. The summed E-state index contributed by atoms with van der Waals surface area (Å²) in [5, 5.41) is 1.64. The van der Waals surface area contributed by atoms with E-state index in [2.05, 4.69) is 0 Å². The van der Waals surface area contributed by atoms with Crippen molar-refractivity contribution < 1.29 is 14.3 Å². The Kier molecular flexibility index (Phi) is 6.44. The Morgan fingerprint density at radius 3 is 2.30 bits per heavy atom. The lowest BCUT2D eigenvalue weighted by Gasteiger charge is -2.16. The Labute approximate surface area is 139 Å². The number of hydrogen-bond donors (Lipinski definition) is 0. The van der Waals surface area contributed by atoms with Crippen molar-refractivity contribution in [1.29, 1.82) is 0 Å². The maximum atomic E-state index is 12.0. The van der Waals surface area contributed by atoms with Crippen molar-refractivity contribution in [2.45, 2.75) is 4.90 Å². The minimum absolute atomic E-state index is 0.284. The zero-order chi connectivity index (χ0) is 16.5. The third kappa shape index (κ3) is 5.64. The SMILES string of the molecule is CN(C(=O)COC(=O)/C=C/Sc1ccccc1)c1ccccc1. The second-order valence-electron chi connectivity index (χ2n) is 4.63. The van der Waals surface area contributed by atoms with Crippen LogP contribution in [0, 0.1) is 0 Å². The van der Waals surface area contributed by atoms with Gasteiger partial charge in [-0.15, -0.1) is 0 Å². The highest BCUT2D eigenvalue weighted by molar-refractivity contribution is 8.02. The zero-order valence-corrected chi connectivity index (χ0v) is 13.5. The van der Waals surface area contributed by atoms with Crippen LogP contribution in [0.15, 0.2) is 77.0 Å². The van der Waals surface area contributed by atoms with Crippen molar-refractivity contribution >= 4 is 29.3 Å². The molecular weight excluding hydrogens is 310 g/mol. The van der Waals surface area contributed by atoms with Gasteiger partial charge in [-0.2, -0.15) is 0 Å². The zero-order valence-electron chi connectivity index (χ0n) is 12.7. The monoisotopic (exact) mass is 327 g/mol. The van der Waals surface area contributed by atoms with Gasteiger partial charge in [0.2, 0.25) is 0 Å². The van der Waals surface area contributed by atoms with E-state index >= 15 is 0 Å². The molecule has 0 bridgehead atoms. The van der Waals surface area contributed by atoms with E-state index in [1.54, 1.807) is 12.5 Å². The second kappa shape index (κ2) is 8.80. The van der Waals surface area contributed by atoms with Crippen LogP contribution < -0.4 is 4.90 Å². The lowest BCUT2D eigenvalue weighted by Crippen LogP contribution is -2.30. The first-order chi connectivity index (χ1) is 11.2. The van der Waals surface area contributed by atoms with Crippen LogP contribution in [0.5, 0.6) is 0 Å². The first-order valence-corrected chi connectivity index (χ1v) is 7.91. The normalized spacial score (nSPS) is 10.5. The van der Waals surface area contributed by atoms with Gasteiger partial charge in [0.05, 0.1) is 0 Å². The van der Waals surface area contributed by atoms with Gasteiger partial charge in [0.1, 0.15) is 0 Å². The number of carbonyl (C=O) groups excluding carboxylic acids is 2. The minimum atomic E-state index is -0.539. The van der Waals surface area contributed by atoms with Crippen LogP contribution in [0.2, 0.25) is 0 Å². The number of anilines is 1. The summed E-state index contributed by atoms with van der Waals surface area (Å²) in [5.41, 5.74) is 0.753. The van der Waals surface area contributed by atoms with E-state index < -0.39 is 5.97 Å². The molecule has 0 aliphatic carbocycles. The summed E-state index contributed by atoms with van der Waals surface area (Å²) < 4.78 is 4.95. The number of amides is 1. The molecule has 5 heteroatoms. The van der Waals surface area contributed by atoms with Gasteiger partial charge in [0.25, 0.3) is 5.91 Å². The Morgan fingerprint density at radius 1 is 1.04 bits per heavy atom. The fourth-order valence-electron chi connectivity index (χ4n) is 1.74. The number of thioether (sulfide) groups is 1. The highest BCUT2D eigenvalue weighted by atomic mass is 32.2. The standard InChI is InChI=1S/C18H17NO3S/c1-19(15-8-4-2-5-9-15)17(20)14-22-18(21)12-13-23-16-10-6-3-7-11-16/h2-13H,14H2,1H3/b13-12+. The molecule has 0 N–H and O–H groups in total. The topological polar surface area (TPSA) is 46.6 Å². The molecule has 0 atom stereocenters. The summed E-state index contributed by atoms with van der Waals surface area (Å²) in [5.74, 6) is -0.822. The van der Waals surface area contributed by atoms with Crippen LogP contribution in [0.4, 0.5) is 5.69 Å². The summed E-state index contributed by atoms with van der Waals surface area (Å²) in [6, 6.07) is 18.8. The van der Waals surface area contributed by atoms with E-state index in [9.17, 15) is 9.59 Å². The van der Waals surface area contributed by atoms with Gasteiger partial charge in [0, 0.05) is 23.7 Å². The summed E-state index contributed by atoms with van der Waals surface area (Å²) in [4.78, 5) is 26.0. The first kappa shape index (κ1) is 16.8. The van der Waals surface area contributed by atoms with Crippen molar-refractivity contribution in [1.82, 2.24) is 0 Å². The van der Waals surface area contributed by atoms with Crippen LogP contribution in [0.3, 0.4) is 0 Å². The number of likely N-dealkylation sites (N-methyl/N-ethyl adjacent to an activating group) is 1. The third-order valence-corrected chi connectivity index (χ3v) is 3.82. The van der Waals surface area contributed by atoms with Gasteiger partial charge in [0.15, 0.2) is 6.61 Å². The van der Waals surface area contributed by atoms with Gasteiger partial charge in [-0.3, -0.25) is 4.79 Å². The fraction of sp³-hybridized carbons (Fsp3) is 0.111. The molecule has 23 heavy (non-hydrogen) atoms. The molecule has 0 aliphatic rings.